The summed E-state index contributed by atoms with van der Waals surface area (Å²) in [5.41, 5.74) is 0.141. The van der Waals surface area contributed by atoms with E-state index in [4.69, 9.17) is 5.11 Å². The van der Waals surface area contributed by atoms with Crippen LogP contribution in [0.25, 0.3) is 0 Å². The van der Waals surface area contributed by atoms with Crippen molar-refractivity contribution in [2.24, 2.45) is 5.41 Å². The average Bonchev–Trinajstić information content (AvgIpc) is 1.63. The van der Waals surface area contributed by atoms with E-state index < -0.39 is 0 Å². The molecular formula is C8H13O. The summed E-state index contributed by atoms with van der Waals surface area (Å²) in [6.07, 6.45) is 1.88. The standard InChI is InChI=1S/C8H13O/c1-8(2,3)6-4-5-7-9/h6,9H,7H2,1-3H3. The molecule has 0 aromatic heterocycles. The van der Waals surface area contributed by atoms with Crippen LogP contribution in [0.5, 0.6) is 0 Å². The van der Waals surface area contributed by atoms with E-state index in [1.807, 2.05) is 6.42 Å². The lowest BCUT2D eigenvalue weighted by molar-refractivity contribution is 0.350. The van der Waals surface area contributed by atoms with E-state index in [2.05, 4.69) is 32.6 Å². The molecule has 1 N–H and O–H groups in total. The smallest absolute Gasteiger partial charge is 0.104 e. The molecule has 0 fully saturated rings. The third-order valence-corrected chi connectivity index (χ3v) is 0.686. The highest BCUT2D eigenvalue weighted by molar-refractivity contribution is 5.13. The monoisotopic (exact) mass is 125 g/mol. The molecule has 0 aliphatic rings. The second-order valence-corrected chi connectivity index (χ2v) is 2.99. The molecule has 0 aromatic carbocycles. The lowest BCUT2D eigenvalue weighted by atomic mass is 9.93. The van der Waals surface area contributed by atoms with Gasteiger partial charge in [-0.3, -0.25) is 0 Å². The summed E-state index contributed by atoms with van der Waals surface area (Å²) in [7, 11) is 0. The van der Waals surface area contributed by atoms with Crippen molar-refractivity contribution in [3.05, 3.63) is 6.42 Å². The average molecular weight is 125 g/mol. The topological polar surface area (TPSA) is 20.2 Å². The molecule has 0 aliphatic carbocycles. The van der Waals surface area contributed by atoms with E-state index in [1.54, 1.807) is 0 Å². The highest BCUT2D eigenvalue weighted by atomic mass is 16.2. The Morgan fingerprint density at radius 3 is 2.33 bits per heavy atom. The molecule has 1 heteroatoms. The Morgan fingerprint density at radius 1 is 1.44 bits per heavy atom. The van der Waals surface area contributed by atoms with Crippen molar-refractivity contribution in [1.29, 1.82) is 0 Å². The van der Waals surface area contributed by atoms with Gasteiger partial charge in [-0.1, -0.05) is 32.6 Å². The second kappa shape index (κ2) is 3.53. The van der Waals surface area contributed by atoms with Crippen LogP contribution < -0.4 is 0 Å². The van der Waals surface area contributed by atoms with E-state index in [0.29, 0.717) is 0 Å². The summed E-state index contributed by atoms with van der Waals surface area (Å²) in [6, 6.07) is 0. The van der Waals surface area contributed by atoms with Crippen molar-refractivity contribution < 1.29 is 5.11 Å². The maximum Gasteiger partial charge on any atom is 0.104 e. The Kier molecular flexibility index (Phi) is 3.34. The van der Waals surface area contributed by atoms with E-state index in [0.717, 1.165) is 0 Å². The molecule has 0 heterocycles. The predicted molar refractivity (Wildman–Crippen MR) is 38.6 cm³/mol. The number of aliphatic hydroxyl groups is 1. The van der Waals surface area contributed by atoms with Crippen molar-refractivity contribution in [1.82, 2.24) is 0 Å². The number of rotatable bonds is 0. The first-order chi connectivity index (χ1) is 4.06. The van der Waals surface area contributed by atoms with Crippen molar-refractivity contribution in [3.8, 4) is 11.8 Å². The van der Waals surface area contributed by atoms with Gasteiger partial charge in [-0.2, -0.15) is 0 Å². The number of hydrogen-bond donors (Lipinski definition) is 1. The van der Waals surface area contributed by atoms with Crippen LogP contribution in [0.1, 0.15) is 20.8 Å². The summed E-state index contributed by atoms with van der Waals surface area (Å²) in [5.74, 6) is 5.30. The van der Waals surface area contributed by atoms with Crippen LogP contribution in [0.2, 0.25) is 0 Å². The second-order valence-electron chi connectivity index (χ2n) is 2.99. The van der Waals surface area contributed by atoms with E-state index in [9.17, 15) is 0 Å². The van der Waals surface area contributed by atoms with E-state index >= 15 is 0 Å². The molecule has 0 spiro atoms. The summed E-state index contributed by atoms with van der Waals surface area (Å²) >= 11 is 0. The Hall–Kier alpha value is -0.480. The third-order valence-electron chi connectivity index (χ3n) is 0.686. The summed E-state index contributed by atoms with van der Waals surface area (Å²) in [6.45, 7) is 6.16. The van der Waals surface area contributed by atoms with Crippen LogP contribution >= 0.6 is 0 Å². The van der Waals surface area contributed by atoms with Crippen LogP contribution in [0, 0.1) is 23.7 Å². The van der Waals surface area contributed by atoms with Crippen molar-refractivity contribution >= 4 is 0 Å². The molecule has 0 amide bonds. The zero-order valence-corrected chi connectivity index (χ0v) is 6.23. The van der Waals surface area contributed by atoms with Crippen LogP contribution in [0.4, 0.5) is 0 Å². The molecule has 0 unspecified atom stereocenters. The SMILES string of the molecule is CC(C)(C)[CH]C#CCO. The zero-order chi connectivity index (χ0) is 7.33. The largest absolute Gasteiger partial charge is 0.384 e. The molecule has 1 nitrogen and oxygen atoms in total. The Bertz CT molecular complexity index is 120. The molecule has 0 atom stereocenters. The van der Waals surface area contributed by atoms with Crippen LogP contribution in [0.3, 0.4) is 0 Å². The van der Waals surface area contributed by atoms with E-state index in [-0.39, 0.29) is 12.0 Å². The maximum absolute atomic E-state index is 8.27. The molecule has 0 saturated heterocycles. The summed E-state index contributed by atoms with van der Waals surface area (Å²) in [5, 5.41) is 8.27. The fraction of sp³-hybridized carbons (Fsp3) is 0.625. The summed E-state index contributed by atoms with van der Waals surface area (Å²) < 4.78 is 0. The molecule has 9 heavy (non-hydrogen) atoms. The molecular weight excluding hydrogens is 112 g/mol. The number of aliphatic hydroxyl groups excluding tert-OH is 1. The minimum Gasteiger partial charge on any atom is -0.384 e. The number of hydrogen-bond acceptors (Lipinski definition) is 1. The Morgan fingerprint density at radius 2 is 2.00 bits per heavy atom. The highest BCUT2D eigenvalue weighted by Crippen LogP contribution is 2.15. The van der Waals surface area contributed by atoms with Crippen LogP contribution in [0.15, 0.2) is 0 Å². The predicted octanol–water partition coefficient (Wildman–Crippen LogP) is 1.23. The van der Waals surface area contributed by atoms with Gasteiger partial charge >= 0.3 is 0 Å². The first-order valence-corrected chi connectivity index (χ1v) is 3.00. The van der Waals surface area contributed by atoms with Crippen LogP contribution in [-0.2, 0) is 0 Å². The van der Waals surface area contributed by atoms with Crippen molar-refractivity contribution in [3.63, 3.8) is 0 Å². The Labute approximate surface area is 57.1 Å². The van der Waals surface area contributed by atoms with Gasteiger partial charge in [-0.15, -0.1) is 0 Å². The van der Waals surface area contributed by atoms with Crippen molar-refractivity contribution in [2.45, 2.75) is 20.8 Å². The molecule has 1 radical (unpaired) electrons. The molecule has 0 rings (SSSR count). The lowest BCUT2D eigenvalue weighted by Crippen LogP contribution is -2.03. The zero-order valence-electron chi connectivity index (χ0n) is 6.23. The van der Waals surface area contributed by atoms with Crippen molar-refractivity contribution in [2.75, 3.05) is 6.61 Å². The molecule has 0 saturated carbocycles. The quantitative estimate of drug-likeness (QED) is 0.483. The molecule has 0 aliphatic heterocycles. The van der Waals surface area contributed by atoms with Gasteiger partial charge in [-0.25, -0.2) is 0 Å². The Balaban J connectivity index is 3.50. The molecule has 0 aromatic rings. The minimum atomic E-state index is -0.0490. The fourth-order valence-corrected chi connectivity index (χ4v) is 0.313. The lowest BCUT2D eigenvalue weighted by Gasteiger charge is -2.11. The normalized spacial score (nSPS) is 10.2. The van der Waals surface area contributed by atoms with Gasteiger partial charge in [0.05, 0.1) is 0 Å². The molecule has 0 bridgehead atoms. The van der Waals surface area contributed by atoms with Gasteiger partial charge in [0.15, 0.2) is 0 Å². The van der Waals surface area contributed by atoms with Gasteiger partial charge in [0.2, 0.25) is 0 Å². The minimum absolute atomic E-state index is 0.0490. The van der Waals surface area contributed by atoms with Crippen LogP contribution in [-0.4, -0.2) is 11.7 Å². The summed E-state index contributed by atoms with van der Waals surface area (Å²) in [4.78, 5) is 0. The third kappa shape index (κ3) is 7.52. The van der Waals surface area contributed by atoms with E-state index in [1.165, 1.54) is 0 Å². The van der Waals surface area contributed by atoms with Gasteiger partial charge in [0, 0.05) is 6.42 Å². The first-order valence-electron chi connectivity index (χ1n) is 3.00. The fourth-order valence-electron chi connectivity index (χ4n) is 0.313. The first kappa shape index (κ1) is 8.52. The maximum atomic E-state index is 8.27. The molecule has 51 valence electrons. The van der Waals surface area contributed by atoms with Gasteiger partial charge in [-0.05, 0) is 5.41 Å². The van der Waals surface area contributed by atoms with Gasteiger partial charge in [0.1, 0.15) is 6.61 Å². The van der Waals surface area contributed by atoms with Gasteiger partial charge < -0.3 is 5.11 Å². The highest BCUT2D eigenvalue weighted by Gasteiger charge is 2.06. The van der Waals surface area contributed by atoms with Gasteiger partial charge in [0.25, 0.3) is 0 Å².